The third-order valence-corrected chi connectivity index (χ3v) is 12.5. The first-order valence-electron chi connectivity index (χ1n) is 23.5. The molecule has 1 aliphatic carbocycles. The van der Waals surface area contributed by atoms with E-state index in [4.69, 9.17) is 18.5 Å². The van der Waals surface area contributed by atoms with Crippen molar-refractivity contribution in [1.82, 2.24) is 0 Å². The Morgan fingerprint density at radius 3 is 2.16 bits per heavy atom. The third-order valence-electron chi connectivity index (χ3n) is 11.5. The fraction of sp³-hybridized carbons (Fsp3) is 0.766. The maximum absolute atomic E-state index is 13.6. The van der Waals surface area contributed by atoms with Crippen molar-refractivity contribution in [1.29, 1.82) is 0 Å². The molecule has 16 nitrogen and oxygen atoms in total. The van der Waals surface area contributed by atoms with Gasteiger partial charge in [-0.2, -0.15) is 0 Å². The van der Waals surface area contributed by atoms with Gasteiger partial charge in [0.1, 0.15) is 36.8 Å². The van der Waals surface area contributed by atoms with E-state index in [1.54, 1.807) is 0 Å². The van der Waals surface area contributed by atoms with Crippen LogP contribution in [0.5, 0.6) is 0 Å². The highest BCUT2D eigenvalue weighted by atomic mass is 31.2. The number of cyclic esters (lactones) is 1. The molecular weight excluding hydrogens is 851 g/mol. The molecule has 1 heterocycles. The predicted octanol–water partition coefficient (Wildman–Crippen LogP) is 5.76. The number of unbranched alkanes of at least 4 members (excludes halogenated alkanes) is 7. The first-order chi connectivity index (χ1) is 30.6. The van der Waals surface area contributed by atoms with Crippen molar-refractivity contribution in [3.05, 3.63) is 48.6 Å². The molecule has 0 radical (unpaired) electrons. The topological polar surface area (TPSA) is 267 Å². The van der Waals surface area contributed by atoms with Crippen molar-refractivity contribution in [3.63, 3.8) is 0 Å². The number of hydrogen-bond acceptors (Lipinski definition) is 15. The van der Waals surface area contributed by atoms with Gasteiger partial charge in [-0.25, -0.2) is 4.57 Å². The van der Waals surface area contributed by atoms with Crippen molar-refractivity contribution >= 4 is 25.5 Å². The van der Waals surface area contributed by atoms with Gasteiger partial charge in [0.05, 0.1) is 31.0 Å². The van der Waals surface area contributed by atoms with E-state index in [-0.39, 0.29) is 19.3 Å². The van der Waals surface area contributed by atoms with Crippen molar-refractivity contribution in [2.24, 2.45) is 11.8 Å². The summed E-state index contributed by atoms with van der Waals surface area (Å²) in [7, 11) is -5.45. The molecule has 0 amide bonds. The lowest BCUT2D eigenvalue weighted by atomic mass is 9.83. The van der Waals surface area contributed by atoms with Crippen LogP contribution in [-0.2, 0) is 37.5 Å². The minimum absolute atomic E-state index is 0.0106. The van der Waals surface area contributed by atoms with Gasteiger partial charge in [-0.15, -0.1) is 0 Å². The molecule has 1 saturated heterocycles. The second-order valence-electron chi connectivity index (χ2n) is 17.0. The summed E-state index contributed by atoms with van der Waals surface area (Å²) in [5.74, 6) is -4.92. The van der Waals surface area contributed by atoms with E-state index in [2.05, 4.69) is 43.4 Å². The normalized spacial score (nSPS) is 31.8. The Kier molecular flexibility index (Phi) is 29.6. The van der Waals surface area contributed by atoms with Gasteiger partial charge in [0.15, 0.2) is 6.10 Å². The van der Waals surface area contributed by atoms with Crippen LogP contribution in [0.4, 0.5) is 0 Å². The Labute approximate surface area is 380 Å². The summed E-state index contributed by atoms with van der Waals surface area (Å²) in [5, 5.41) is 78.6. The molecule has 0 aromatic heterocycles. The Hall–Kier alpha value is -2.60. The van der Waals surface area contributed by atoms with E-state index in [0.29, 0.717) is 44.9 Å². The van der Waals surface area contributed by atoms with Gasteiger partial charge in [0.25, 0.3) is 0 Å². The minimum atomic E-state index is -5.45. The molecule has 12 atom stereocenters. The van der Waals surface area contributed by atoms with Crippen LogP contribution in [0.3, 0.4) is 0 Å². The fourth-order valence-corrected chi connectivity index (χ4v) is 8.65. The summed E-state index contributed by atoms with van der Waals surface area (Å²) in [6, 6.07) is 0. The molecule has 0 aromatic rings. The lowest BCUT2D eigenvalue weighted by molar-refractivity contribution is -0.166. The number of carbonyl (C=O) groups is 3. The molecule has 2 bridgehead atoms. The molecule has 8 N–H and O–H groups in total. The quantitative estimate of drug-likeness (QED) is 0.0312. The van der Waals surface area contributed by atoms with Gasteiger partial charge in [-0.05, 0) is 57.8 Å². The van der Waals surface area contributed by atoms with Gasteiger partial charge < -0.3 is 50.1 Å². The average molecular weight is 931 g/mol. The van der Waals surface area contributed by atoms with E-state index >= 15 is 0 Å². The van der Waals surface area contributed by atoms with Crippen LogP contribution < -0.4 is 0 Å². The van der Waals surface area contributed by atoms with Crippen molar-refractivity contribution in [2.45, 2.75) is 204 Å². The molecule has 17 heteroatoms. The summed E-state index contributed by atoms with van der Waals surface area (Å²) in [6.07, 6.45) is 9.27. The zero-order chi connectivity index (χ0) is 47.3. The molecule has 0 aromatic carbocycles. The molecule has 64 heavy (non-hydrogen) atoms. The van der Waals surface area contributed by atoms with Crippen molar-refractivity contribution < 1.29 is 78.1 Å². The highest BCUT2D eigenvalue weighted by molar-refractivity contribution is 7.47. The molecule has 0 spiro atoms. The Bertz CT molecular complexity index is 1480. The smallest absolute Gasteiger partial charge is 0.462 e. The number of phosphoric ester groups is 1. The lowest BCUT2D eigenvalue weighted by Gasteiger charge is -2.36. The monoisotopic (exact) mass is 931 g/mol. The van der Waals surface area contributed by atoms with Gasteiger partial charge in [0.2, 0.25) is 0 Å². The van der Waals surface area contributed by atoms with Crippen LogP contribution in [0.15, 0.2) is 48.6 Å². The van der Waals surface area contributed by atoms with E-state index in [9.17, 15) is 59.6 Å². The molecule has 2 aliphatic rings. The maximum Gasteiger partial charge on any atom is 0.472 e. The van der Waals surface area contributed by atoms with E-state index in [0.717, 1.165) is 64.2 Å². The fourth-order valence-electron chi connectivity index (χ4n) is 7.68. The SMILES string of the molecule is CC/C=C\C/C=C\C/C=C\CCCCCCCC(=O)O[C@@H]1COC(=O)CCCCCC[C@H]2C(=O)C[C@@H](O)[C@H](/C=C/[C@@H](O)CCCCC)[C@@H](O)[C@@H](O)[C@@H](OP(=O)(O)OC1)[C@H](O)[C@@H](O)[C@@H]2O. The standard InChI is InChI=1S/C47H79O16P/c1-3-5-7-8-9-10-11-12-13-14-15-16-17-18-24-28-41(52)62-35-32-60-40(51)27-23-20-19-22-26-36-38(49)31-39(50)37(30-29-34(48)25-21-6-4-2)43(54)45(56)47(46(57)44(55)42(36)53)63-64(58,59)61-33-35/h5,7,9-10,12-13,29-30,34-37,39,42-48,50,53-57H,3-4,6,8,11,14-28,31-33H2,1-2H3,(H,58,59)/b7-5-,10-9-,13-12-,30-29+/t34-,35+,36-,37-,39+,42+,43+,44-,45+,46+,47+/m0/s1. The number of aliphatic hydroxyl groups excluding tert-OH is 7. The van der Waals surface area contributed by atoms with E-state index < -0.39 is 112 Å². The molecule has 368 valence electrons. The number of phosphoric acid groups is 1. The largest absolute Gasteiger partial charge is 0.472 e. The highest BCUT2D eigenvalue weighted by Gasteiger charge is 2.49. The van der Waals surface area contributed by atoms with Gasteiger partial charge >= 0.3 is 19.8 Å². The van der Waals surface area contributed by atoms with Crippen LogP contribution in [-0.4, -0.2) is 127 Å². The van der Waals surface area contributed by atoms with Crippen LogP contribution in [0, 0.1) is 11.8 Å². The Balaban J connectivity index is 2.21. The number of hydrogen-bond donors (Lipinski definition) is 8. The predicted molar refractivity (Wildman–Crippen MR) is 240 cm³/mol. The zero-order valence-corrected chi connectivity index (χ0v) is 38.9. The molecule has 1 saturated carbocycles. The number of ether oxygens (including phenoxy) is 2. The molecular formula is C47H79O16P. The maximum atomic E-state index is 13.6. The summed E-state index contributed by atoms with van der Waals surface area (Å²) in [5.41, 5.74) is 0. The van der Waals surface area contributed by atoms with E-state index in [1.807, 2.05) is 6.92 Å². The third kappa shape index (κ3) is 23.2. The average Bonchev–Trinajstić information content (AvgIpc) is 3.26. The Morgan fingerprint density at radius 1 is 0.781 bits per heavy atom. The number of rotatable bonds is 20. The first-order valence-corrected chi connectivity index (χ1v) is 25.0. The van der Waals surface area contributed by atoms with Crippen LogP contribution in [0.2, 0.25) is 0 Å². The van der Waals surface area contributed by atoms with Gasteiger partial charge in [-0.3, -0.25) is 23.4 Å². The number of esters is 2. The summed E-state index contributed by atoms with van der Waals surface area (Å²) >= 11 is 0. The van der Waals surface area contributed by atoms with Crippen LogP contribution in [0.25, 0.3) is 0 Å². The van der Waals surface area contributed by atoms with Gasteiger partial charge in [0, 0.05) is 31.1 Å². The molecule has 2 rings (SSSR count). The number of fused-ring (bicyclic) bond motifs is 4. The highest BCUT2D eigenvalue weighted by Crippen LogP contribution is 2.47. The molecule has 2 fully saturated rings. The summed E-state index contributed by atoms with van der Waals surface area (Å²) in [6.45, 7) is 2.69. The second kappa shape index (κ2) is 33.0. The minimum Gasteiger partial charge on any atom is -0.462 e. The van der Waals surface area contributed by atoms with Gasteiger partial charge in [-0.1, -0.05) is 120 Å². The second-order valence-corrected chi connectivity index (χ2v) is 18.4. The zero-order valence-electron chi connectivity index (χ0n) is 38.0. The number of carbonyl (C=O) groups excluding carboxylic acids is 3. The van der Waals surface area contributed by atoms with Crippen LogP contribution in [0.1, 0.15) is 149 Å². The Morgan fingerprint density at radius 2 is 1.44 bits per heavy atom. The molecule has 1 unspecified atom stereocenters. The first kappa shape index (κ1) is 57.5. The van der Waals surface area contributed by atoms with E-state index in [1.165, 1.54) is 12.2 Å². The summed E-state index contributed by atoms with van der Waals surface area (Å²) in [4.78, 5) is 50.1. The van der Waals surface area contributed by atoms with Crippen molar-refractivity contribution in [3.8, 4) is 0 Å². The summed E-state index contributed by atoms with van der Waals surface area (Å²) < 4.78 is 34.7. The number of ketones is 1. The molecule has 1 aliphatic heterocycles. The number of Topliss-reactive ketones (excluding diaryl/α,β-unsaturated/α-hetero) is 1. The lowest BCUT2D eigenvalue weighted by Crippen LogP contribution is -2.55. The van der Waals surface area contributed by atoms with Crippen molar-refractivity contribution in [2.75, 3.05) is 13.2 Å². The number of allylic oxidation sites excluding steroid dienone is 6. The van der Waals surface area contributed by atoms with Crippen LogP contribution >= 0.6 is 7.82 Å². The number of aliphatic hydroxyl groups is 7.